The molecule has 0 radical (unpaired) electrons. The van der Waals surface area contributed by atoms with Crippen LogP contribution in [0.1, 0.15) is 11.1 Å². The number of para-hydroxylation sites is 1. The normalized spacial score (nSPS) is 10.3. The van der Waals surface area contributed by atoms with Crippen molar-refractivity contribution in [3.63, 3.8) is 0 Å². The molecule has 5 rings (SSSR count). The fourth-order valence-electron chi connectivity index (χ4n) is 3.64. The Kier molecular flexibility index (Phi) is 6.19. The number of aromatic nitrogens is 1. The molecular weight excluding hydrogens is 439 g/mol. The summed E-state index contributed by atoms with van der Waals surface area (Å²) in [5.74, 6) is 6.40. The van der Waals surface area contributed by atoms with Crippen LogP contribution < -0.4 is 10.1 Å². The van der Waals surface area contributed by atoms with Crippen LogP contribution in [0, 0.1) is 17.7 Å². The monoisotopic (exact) mass is 458 g/mol. The van der Waals surface area contributed by atoms with Gasteiger partial charge in [0.15, 0.2) is 0 Å². The topological polar surface area (TPSA) is 51.2 Å². The van der Waals surface area contributed by atoms with Gasteiger partial charge < -0.3 is 4.74 Å². The molecule has 4 nitrogen and oxygen atoms in total. The summed E-state index contributed by atoms with van der Waals surface area (Å²) in [7, 11) is 0. The molecule has 5 aromatic rings. The molecule has 35 heavy (non-hydrogen) atoms. The largest absolute Gasteiger partial charge is 0.417 e. The Labute approximate surface area is 202 Å². The second-order valence-electron chi connectivity index (χ2n) is 7.78. The van der Waals surface area contributed by atoms with Crippen LogP contribution in [0.2, 0.25) is 0 Å². The number of carbonyl (C=O) groups is 1. The molecule has 1 amide bonds. The number of fused-ring (bicyclic) bond motifs is 1. The first kappa shape index (κ1) is 21.9. The highest BCUT2D eigenvalue weighted by atomic mass is 19.1. The maximum Gasteiger partial charge on any atom is 0.417 e. The van der Waals surface area contributed by atoms with Crippen LogP contribution in [0.5, 0.6) is 5.75 Å². The number of ether oxygens (including phenoxy) is 1. The van der Waals surface area contributed by atoms with Crippen LogP contribution in [0.3, 0.4) is 0 Å². The van der Waals surface area contributed by atoms with Crippen molar-refractivity contribution < 1.29 is 13.9 Å². The highest BCUT2D eigenvalue weighted by molar-refractivity contribution is 5.90. The summed E-state index contributed by atoms with van der Waals surface area (Å²) in [6.45, 7) is 0. The van der Waals surface area contributed by atoms with E-state index >= 15 is 0 Å². The molecule has 0 saturated carbocycles. The highest BCUT2D eigenvalue weighted by Crippen LogP contribution is 2.29. The summed E-state index contributed by atoms with van der Waals surface area (Å²) in [6, 6.07) is 28.4. The molecule has 1 heterocycles. The van der Waals surface area contributed by atoms with Gasteiger partial charge in [0, 0.05) is 34.6 Å². The summed E-state index contributed by atoms with van der Waals surface area (Å²) in [6.07, 6.45) is 2.98. The summed E-state index contributed by atoms with van der Waals surface area (Å²) >= 11 is 0. The molecule has 168 valence electrons. The van der Waals surface area contributed by atoms with Crippen LogP contribution in [-0.2, 0) is 0 Å². The zero-order chi connectivity index (χ0) is 24.0. The summed E-state index contributed by atoms with van der Waals surface area (Å²) in [4.78, 5) is 16.6. The second kappa shape index (κ2) is 9.90. The van der Waals surface area contributed by atoms with Gasteiger partial charge in [-0.1, -0.05) is 48.2 Å². The van der Waals surface area contributed by atoms with Crippen molar-refractivity contribution in [2.45, 2.75) is 0 Å². The van der Waals surface area contributed by atoms with E-state index in [9.17, 15) is 9.18 Å². The Morgan fingerprint density at radius 3 is 2.49 bits per heavy atom. The average molecular weight is 458 g/mol. The Bertz CT molecular complexity index is 1570. The van der Waals surface area contributed by atoms with Crippen molar-refractivity contribution >= 4 is 22.6 Å². The lowest BCUT2D eigenvalue weighted by Gasteiger charge is -2.11. The first-order valence-electron chi connectivity index (χ1n) is 10.9. The molecule has 1 aromatic heterocycles. The number of nitrogens with zero attached hydrogens (tertiary/aromatic N) is 1. The van der Waals surface area contributed by atoms with Gasteiger partial charge in [-0.3, -0.25) is 10.3 Å². The van der Waals surface area contributed by atoms with E-state index in [0.29, 0.717) is 22.6 Å². The number of pyridine rings is 1. The zero-order valence-corrected chi connectivity index (χ0v) is 18.5. The van der Waals surface area contributed by atoms with Gasteiger partial charge >= 0.3 is 6.09 Å². The minimum Gasteiger partial charge on any atom is -0.410 e. The first-order chi connectivity index (χ1) is 17.1. The first-order valence-corrected chi connectivity index (χ1v) is 10.9. The average Bonchev–Trinajstić information content (AvgIpc) is 2.89. The van der Waals surface area contributed by atoms with Crippen LogP contribution in [0.4, 0.5) is 14.9 Å². The number of rotatable bonds is 3. The standard InChI is InChI=1S/C30H19FN2O2/c31-26-12-7-21(8-13-26)6-9-24-19-27(33-30(34)35-28-4-2-1-3-5-28)14-15-29(24)23-10-11-25-20-32-17-16-22(25)18-23/h1-5,7-8,10-20H,(H,33,34). The van der Waals surface area contributed by atoms with Crippen molar-refractivity contribution in [3.05, 3.63) is 126 Å². The molecule has 0 unspecified atom stereocenters. The fraction of sp³-hybridized carbons (Fsp3) is 0. The van der Waals surface area contributed by atoms with E-state index in [1.807, 2.05) is 36.5 Å². The molecule has 0 aliphatic carbocycles. The van der Waals surface area contributed by atoms with Crippen LogP contribution in [0.25, 0.3) is 21.9 Å². The molecule has 1 N–H and O–H groups in total. The Morgan fingerprint density at radius 2 is 1.66 bits per heavy atom. The molecular formula is C30H19FN2O2. The van der Waals surface area contributed by atoms with E-state index in [1.54, 1.807) is 54.7 Å². The summed E-state index contributed by atoms with van der Waals surface area (Å²) < 4.78 is 18.6. The third-order valence-electron chi connectivity index (χ3n) is 5.36. The van der Waals surface area contributed by atoms with Gasteiger partial charge in [0.1, 0.15) is 11.6 Å². The van der Waals surface area contributed by atoms with Gasteiger partial charge in [0.2, 0.25) is 0 Å². The van der Waals surface area contributed by atoms with Crippen LogP contribution in [-0.4, -0.2) is 11.1 Å². The number of halogens is 1. The van der Waals surface area contributed by atoms with Gasteiger partial charge in [-0.15, -0.1) is 0 Å². The van der Waals surface area contributed by atoms with Gasteiger partial charge in [-0.25, -0.2) is 9.18 Å². The maximum atomic E-state index is 13.3. The SMILES string of the molecule is O=C(Nc1ccc(-c2ccc3cnccc3c2)c(C#Cc2ccc(F)cc2)c1)Oc1ccccc1. The van der Waals surface area contributed by atoms with Crippen molar-refractivity contribution in [1.29, 1.82) is 0 Å². The number of carbonyl (C=O) groups excluding carboxylic acids is 1. The quantitative estimate of drug-likeness (QED) is 0.295. The third-order valence-corrected chi connectivity index (χ3v) is 5.36. The predicted octanol–water partition coefficient (Wildman–Crippen LogP) is 7.05. The van der Waals surface area contributed by atoms with Gasteiger partial charge in [-0.2, -0.15) is 0 Å². The van der Waals surface area contributed by atoms with E-state index in [1.165, 1.54) is 12.1 Å². The van der Waals surface area contributed by atoms with E-state index in [2.05, 4.69) is 28.2 Å². The lowest BCUT2D eigenvalue weighted by Crippen LogP contribution is -2.16. The van der Waals surface area contributed by atoms with E-state index in [0.717, 1.165) is 21.9 Å². The molecule has 4 aromatic carbocycles. The molecule has 0 fully saturated rings. The van der Waals surface area contributed by atoms with Gasteiger partial charge in [-0.05, 0) is 77.2 Å². The minimum atomic E-state index is -0.598. The molecule has 0 bridgehead atoms. The maximum absolute atomic E-state index is 13.3. The van der Waals surface area contributed by atoms with Crippen molar-refractivity contribution in [2.75, 3.05) is 5.32 Å². The minimum absolute atomic E-state index is 0.315. The number of amides is 1. The third kappa shape index (κ3) is 5.35. The van der Waals surface area contributed by atoms with E-state index in [4.69, 9.17) is 4.74 Å². The van der Waals surface area contributed by atoms with Crippen LogP contribution >= 0.6 is 0 Å². The number of benzene rings is 4. The molecule has 0 atom stereocenters. The smallest absolute Gasteiger partial charge is 0.410 e. The van der Waals surface area contributed by atoms with Crippen molar-refractivity contribution in [3.8, 4) is 28.7 Å². The Morgan fingerprint density at radius 1 is 0.829 bits per heavy atom. The highest BCUT2D eigenvalue weighted by Gasteiger charge is 2.10. The van der Waals surface area contributed by atoms with E-state index < -0.39 is 6.09 Å². The number of anilines is 1. The lowest BCUT2D eigenvalue weighted by atomic mass is 9.97. The van der Waals surface area contributed by atoms with E-state index in [-0.39, 0.29) is 5.82 Å². The second-order valence-corrected chi connectivity index (χ2v) is 7.78. The predicted molar refractivity (Wildman–Crippen MR) is 136 cm³/mol. The summed E-state index contributed by atoms with van der Waals surface area (Å²) in [5.41, 5.74) is 3.82. The van der Waals surface area contributed by atoms with Crippen molar-refractivity contribution in [1.82, 2.24) is 4.98 Å². The Balaban J connectivity index is 1.50. The molecule has 5 heteroatoms. The lowest BCUT2D eigenvalue weighted by molar-refractivity contribution is 0.215. The molecule has 0 aliphatic heterocycles. The Hall–Kier alpha value is -4.95. The molecule has 0 spiro atoms. The van der Waals surface area contributed by atoms with Gasteiger partial charge in [0.05, 0.1) is 0 Å². The summed E-state index contributed by atoms with van der Waals surface area (Å²) in [5, 5.41) is 4.86. The molecule has 0 saturated heterocycles. The van der Waals surface area contributed by atoms with Crippen molar-refractivity contribution in [2.24, 2.45) is 0 Å². The number of hydrogen-bond donors (Lipinski definition) is 1. The number of nitrogens with one attached hydrogen (secondary N) is 1. The molecule has 0 aliphatic rings. The van der Waals surface area contributed by atoms with Gasteiger partial charge in [0.25, 0.3) is 0 Å². The van der Waals surface area contributed by atoms with Crippen LogP contribution in [0.15, 0.2) is 109 Å². The fourth-order valence-corrected chi connectivity index (χ4v) is 3.64. The zero-order valence-electron chi connectivity index (χ0n) is 18.5. The number of hydrogen-bond acceptors (Lipinski definition) is 3.